The number of pyridine rings is 2. The van der Waals surface area contributed by atoms with Crippen molar-refractivity contribution >= 4 is 43.5 Å². The van der Waals surface area contributed by atoms with Crippen LogP contribution in [0.1, 0.15) is 0 Å². The highest BCUT2D eigenvalue weighted by molar-refractivity contribution is 6.15. The molecule has 0 saturated heterocycles. The third-order valence-corrected chi connectivity index (χ3v) is 9.69. The van der Waals surface area contributed by atoms with Crippen LogP contribution < -0.4 is 0 Å². The van der Waals surface area contributed by atoms with Gasteiger partial charge in [0.05, 0.1) is 16.6 Å². The van der Waals surface area contributed by atoms with Crippen LogP contribution in [-0.4, -0.2) is 24.9 Å². The molecule has 0 bridgehead atoms. The molecule has 242 valence electrons. The molecule has 5 heteroatoms. The highest BCUT2D eigenvalue weighted by Crippen LogP contribution is 2.37. The first-order valence-corrected chi connectivity index (χ1v) is 17.3. The minimum atomic E-state index is 0.629. The predicted molar refractivity (Wildman–Crippen MR) is 213 cm³/mol. The van der Waals surface area contributed by atoms with Gasteiger partial charge in [0.1, 0.15) is 0 Å². The van der Waals surface area contributed by atoms with E-state index in [-0.39, 0.29) is 0 Å². The van der Waals surface area contributed by atoms with Gasteiger partial charge < -0.3 is 0 Å². The third kappa shape index (κ3) is 5.24. The summed E-state index contributed by atoms with van der Waals surface area (Å²) in [6.45, 7) is 0. The van der Waals surface area contributed by atoms with Crippen LogP contribution in [0.15, 0.2) is 176 Å². The average Bonchev–Trinajstić information content (AvgIpc) is 3.23. The molecule has 0 saturated carbocycles. The van der Waals surface area contributed by atoms with E-state index < -0.39 is 0 Å². The van der Waals surface area contributed by atoms with Crippen molar-refractivity contribution < 1.29 is 0 Å². The van der Waals surface area contributed by atoms with Gasteiger partial charge in [-0.1, -0.05) is 140 Å². The molecule has 10 aromatic rings. The molecule has 0 atom stereocenters. The fourth-order valence-corrected chi connectivity index (χ4v) is 7.15. The molecule has 0 aliphatic carbocycles. The van der Waals surface area contributed by atoms with Gasteiger partial charge in [0.15, 0.2) is 17.5 Å². The lowest BCUT2D eigenvalue weighted by molar-refractivity contribution is 1.07. The Morgan fingerprint density at radius 2 is 0.846 bits per heavy atom. The lowest BCUT2D eigenvalue weighted by atomic mass is 9.94. The Balaban J connectivity index is 1.09. The number of rotatable bonds is 5. The Kier molecular flexibility index (Phi) is 7.07. The largest absolute Gasteiger partial charge is 0.254 e. The average molecular weight is 664 g/mol. The second-order valence-corrected chi connectivity index (χ2v) is 12.9. The summed E-state index contributed by atoms with van der Waals surface area (Å²) in [4.78, 5) is 24.9. The van der Waals surface area contributed by atoms with Gasteiger partial charge in [-0.15, -0.1) is 0 Å². The van der Waals surface area contributed by atoms with E-state index >= 15 is 0 Å². The molecule has 0 amide bonds. The quantitative estimate of drug-likeness (QED) is 0.135. The second kappa shape index (κ2) is 12.3. The van der Waals surface area contributed by atoms with Crippen LogP contribution in [0.3, 0.4) is 0 Å². The van der Waals surface area contributed by atoms with E-state index in [1.807, 2.05) is 72.9 Å². The fourth-order valence-electron chi connectivity index (χ4n) is 7.15. The molecule has 0 unspecified atom stereocenters. The molecule has 0 aliphatic rings. The van der Waals surface area contributed by atoms with Crippen molar-refractivity contribution in [3.05, 3.63) is 176 Å². The molecule has 7 aromatic carbocycles. The molecule has 3 heterocycles. The monoisotopic (exact) mass is 663 g/mol. The maximum absolute atomic E-state index is 5.24. The molecule has 0 spiro atoms. The van der Waals surface area contributed by atoms with Gasteiger partial charge in [0.2, 0.25) is 0 Å². The first kappa shape index (κ1) is 29.8. The smallest absolute Gasteiger partial charge is 0.164 e. The molecule has 3 aromatic heterocycles. The predicted octanol–water partition coefficient (Wildman–Crippen LogP) is 11.6. The number of fused-ring (bicyclic) bond motifs is 6. The van der Waals surface area contributed by atoms with Gasteiger partial charge in [-0.25, -0.2) is 19.9 Å². The van der Waals surface area contributed by atoms with Crippen LogP contribution in [0.25, 0.3) is 99.9 Å². The zero-order valence-electron chi connectivity index (χ0n) is 28.0. The van der Waals surface area contributed by atoms with Crippen molar-refractivity contribution in [2.75, 3.05) is 0 Å². The number of aromatic nitrogens is 5. The van der Waals surface area contributed by atoms with Crippen LogP contribution in [0.4, 0.5) is 0 Å². The highest BCUT2D eigenvalue weighted by Gasteiger charge is 2.15. The maximum atomic E-state index is 5.24. The number of hydrogen-bond acceptors (Lipinski definition) is 5. The van der Waals surface area contributed by atoms with E-state index in [0.29, 0.717) is 17.5 Å². The number of hydrogen-bond donors (Lipinski definition) is 0. The van der Waals surface area contributed by atoms with Crippen molar-refractivity contribution in [3.8, 4) is 56.4 Å². The Hall–Kier alpha value is -7.11. The molecular formula is C47H29N5. The van der Waals surface area contributed by atoms with Gasteiger partial charge in [0.25, 0.3) is 0 Å². The molecule has 10 rings (SSSR count). The van der Waals surface area contributed by atoms with E-state index in [1.54, 1.807) is 0 Å². The van der Waals surface area contributed by atoms with E-state index in [9.17, 15) is 0 Å². The molecule has 0 radical (unpaired) electrons. The van der Waals surface area contributed by atoms with E-state index in [2.05, 4.69) is 103 Å². The van der Waals surface area contributed by atoms with Gasteiger partial charge in [-0.3, -0.25) is 4.98 Å². The van der Waals surface area contributed by atoms with Crippen LogP contribution in [0, 0.1) is 0 Å². The number of benzene rings is 7. The van der Waals surface area contributed by atoms with Crippen LogP contribution in [0.2, 0.25) is 0 Å². The summed E-state index contributed by atoms with van der Waals surface area (Å²) in [5.74, 6) is 1.91. The Bertz CT molecular complexity index is 2900. The molecule has 52 heavy (non-hydrogen) atoms. The summed E-state index contributed by atoms with van der Waals surface area (Å²) >= 11 is 0. The number of nitrogens with zero attached hydrogens (tertiary/aromatic N) is 5. The van der Waals surface area contributed by atoms with Crippen molar-refractivity contribution in [2.45, 2.75) is 0 Å². The minimum absolute atomic E-state index is 0.629. The third-order valence-electron chi connectivity index (χ3n) is 9.69. The van der Waals surface area contributed by atoms with Gasteiger partial charge in [0, 0.05) is 44.4 Å². The summed E-state index contributed by atoms with van der Waals surface area (Å²) in [6, 6.07) is 58.7. The Morgan fingerprint density at radius 1 is 0.288 bits per heavy atom. The van der Waals surface area contributed by atoms with Crippen molar-refractivity contribution in [2.24, 2.45) is 0 Å². The van der Waals surface area contributed by atoms with Gasteiger partial charge in [-0.05, 0) is 58.0 Å². The molecule has 0 aliphatic heterocycles. The van der Waals surface area contributed by atoms with Crippen LogP contribution >= 0.6 is 0 Å². The van der Waals surface area contributed by atoms with Crippen LogP contribution in [0.5, 0.6) is 0 Å². The first-order valence-electron chi connectivity index (χ1n) is 17.3. The molecule has 0 N–H and O–H groups in total. The Labute approximate surface area is 300 Å². The minimum Gasteiger partial charge on any atom is -0.254 e. The summed E-state index contributed by atoms with van der Waals surface area (Å²) in [5.41, 5.74) is 10.0. The van der Waals surface area contributed by atoms with E-state index in [0.717, 1.165) is 77.0 Å². The van der Waals surface area contributed by atoms with E-state index in [4.69, 9.17) is 24.9 Å². The molecular weight excluding hydrogens is 635 g/mol. The van der Waals surface area contributed by atoms with Crippen LogP contribution in [-0.2, 0) is 0 Å². The summed E-state index contributed by atoms with van der Waals surface area (Å²) in [7, 11) is 0. The van der Waals surface area contributed by atoms with Crippen molar-refractivity contribution in [3.63, 3.8) is 0 Å². The lowest BCUT2D eigenvalue weighted by Crippen LogP contribution is -2.00. The van der Waals surface area contributed by atoms with Gasteiger partial charge in [-0.2, -0.15) is 0 Å². The first-order chi connectivity index (χ1) is 25.7. The zero-order chi connectivity index (χ0) is 34.4. The summed E-state index contributed by atoms with van der Waals surface area (Å²) in [6.07, 6.45) is 1.86. The highest BCUT2D eigenvalue weighted by atomic mass is 15.0. The summed E-state index contributed by atoms with van der Waals surface area (Å²) in [5, 5.41) is 5.58. The Morgan fingerprint density at radius 3 is 1.58 bits per heavy atom. The lowest BCUT2D eigenvalue weighted by Gasteiger charge is -2.13. The SMILES string of the molecule is c1ccc(-c2nc(-c3ccccc3)nc(-c3cccc(-c4cccc(-c5cc6cc7ccc8ccccc8c7nc6c6ncccc56)c4)c3)n2)cc1. The second-order valence-electron chi connectivity index (χ2n) is 12.9. The van der Waals surface area contributed by atoms with Gasteiger partial charge >= 0.3 is 0 Å². The standard InChI is InChI=1S/C47H29N5/c1-3-13-31(14-4-1)45-50-46(32-15-5-2-6-16-32)52-47(51-45)37-20-10-18-34(27-37)33-17-9-19-35(26-33)41-29-38-28-36-24-23-30-12-7-8-21-39(30)42(36)49-43(38)44-40(41)22-11-25-48-44/h1-29H. The fraction of sp³-hybridized carbons (Fsp3) is 0. The summed E-state index contributed by atoms with van der Waals surface area (Å²) < 4.78 is 0. The maximum Gasteiger partial charge on any atom is 0.164 e. The topological polar surface area (TPSA) is 64.5 Å². The van der Waals surface area contributed by atoms with Crippen molar-refractivity contribution in [1.82, 2.24) is 24.9 Å². The van der Waals surface area contributed by atoms with E-state index in [1.165, 1.54) is 5.39 Å². The van der Waals surface area contributed by atoms with Crippen molar-refractivity contribution in [1.29, 1.82) is 0 Å². The zero-order valence-corrected chi connectivity index (χ0v) is 28.0. The normalized spacial score (nSPS) is 11.5. The molecule has 0 fully saturated rings. The molecule has 5 nitrogen and oxygen atoms in total.